The van der Waals surface area contributed by atoms with Crippen LogP contribution in [0.3, 0.4) is 0 Å². The lowest BCUT2D eigenvalue weighted by Crippen LogP contribution is -2.12. The van der Waals surface area contributed by atoms with Gasteiger partial charge in [0.05, 0.1) is 0 Å². The van der Waals surface area contributed by atoms with Crippen LogP contribution in [0.1, 0.15) is 26.3 Å². The molecule has 0 atom stereocenters. The predicted octanol–water partition coefficient (Wildman–Crippen LogP) is 4.61. The van der Waals surface area contributed by atoms with Gasteiger partial charge in [-0.15, -0.1) is 0 Å². The van der Waals surface area contributed by atoms with Crippen LogP contribution < -0.4 is 10.1 Å². The minimum absolute atomic E-state index is 0.150. The fraction of sp³-hybridized carbons (Fsp3) is 0.333. The van der Waals surface area contributed by atoms with E-state index in [9.17, 15) is 4.39 Å². The smallest absolute Gasteiger partial charge is 0.125 e. The lowest BCUT2D eigenvalue weighted by atomic mass is 9.87. The molecule has 0 aliphatic carbocycles. The van der Waals surface area contributed by atoms with Crippen LogP contribution in [0.2, 0.25) is 0 Å². The van der Waals surface area contributed by atoms with E-state index in [1.54, 1.807) is 6.07 Å². The summed E-state index contributed by atoms with van der Waals surface area (Å²) >= 11 is 0. The lowest BCUT2D eigenvalue weighted by Gasteiger charge is -2.19. The van der Waals surface area contributed by atoms with Crippen molar-refractivity contribution in [3.05, 3.63) is 59.9 Å². The molecular formula is C18H22FNO. The molecule has 0 saturated heterocycles. The standard InChI is InChI=1S/C18H22FNO/c1-18(2,3)14-7-9-17(10-8-14)21-12-11-20-16-6-4-5-15(19)13-16/h4-10,13,20H,11-12H2,1-3H3. The summed E-state index contributed by atoms with van der Waals surface area (Å²) in [5.74, 6) is 0.614. The highest BCUT2D eigenvalue weighted by Gasteiger charge is 2.12. The van der Waals surface area contributed by atoms with Crippen LogP contribution in [-0.2, 0) is 5.41 Å². The Bertz CT molecular complexity index is 573. The molecule has 0 bridgehead atoms. The Morgan fingerprint density at radius 3 is 2.38 bits per heavy atom. The highest BCUT2D eigenvalue weighted by molar-refractivity contribution is 5.43. The van der Waals surface area contributed by atoms with Crippen molar-refractivity contribution >= 4 is 5.69 Å². The second kappa shape index (κ2) is 6.61. The summed E-state index contributed by atoms with van der Waals surface area (Å²) in [5, 5.41) is 3.13. The summed E-state index contributed by atoms with van der Waals surface area (Å²) in [7, 11) is 0. The van der Waals surface area contributed by atoms with Crippen LogP contribution in [0.15, 0.2) is 48.5 Å². The third-order valence-corrected chi connectivity index (χ3v) is 3.24. The van der Waals surface area contributed by atoms with Crippen LogP contribution in [0.5, 0.6) is 5.75 Å². The van der Waals surface area contributed by atoms with Crippen molar-refractivity contribution in [3.63, 3.8) is 0 Å². The molecule has 0 unspecified atom stereocenters. The van der Waals surface area contributed by atoms with Gasteiger partial charge in [-0.2, -0.15) is 0 Å². The second-order valence-corrected chi connectivity index (χ2v) is 6.06. The average molecular weight is 287 g/mol. The third kappa shape index (κ3) is 4.78. The molecule has 0 fully saturated rings. The van der Waals surface area contributed by atoms with E-state index >= 15 is 0 Å². The van der Waals surface area contributed by atoms with Crippen LogP contribution in [0, 0.1) is 5.82 Å². The summed E-state index contributed by atoms with van der Waals surface area (Å²) in [6.45, 7) is 7.72. The summed E-state index contributed by atoms with van der Waals surface area (Å²) in [6, 6.07) is 14.6. The Hall–Kier alpha value is -2.03. The number of rotatable bonds is 5. The zero-order valence-electron chi connectivity index (χ0n) is 12.8. The van der Waals surface area contributed by atoms with Crippen LogP contribution in [-0.4, -0.2) is 13.2 Å². The molecule has 0 aromatic heterocycles. The van der Waals surface area contributed by atoms with Gasteiger partial charge in [-0.1, -0.05) is 39.0 Å². The largest absolute Gasteiger partial charge is 0.492 e. The van der Waals surface area contributed by atoms with E-state index in [0.29, 0.717) is 13.2 Å². The molecule has 0 aliphatic heterocycles. The van der Waals surface area contributed by atoms with Gasteiger partial charge >= 0.3 is 0 Å². The molecule has 0 aliphatic rings. The zero-order valence-corrected chi connectivity index (χ0v) is 12.8. The SMILES string of the molecule is CC(C)(C)c1ccc(OCCNc2cccc(F)c2)cc1. The van der Waals surface area contributed by atoms with Crippen molar-refractivity contribution in [2.75, 3.05) is 18.5 Å². The number of benzene rings is 2. The number of nitrogens with one attached hydrogen (secondary N) is 1. The first-order valence-corrected chi connectivity index (χ1v) is 7.18. The minimum Gasteiger partial charge on any atom is -0.492 e. The molecule has 0 saturated carbocycles. The monoisotopic (exact) mass is 287 g/mol. The third-order valence-electron chi connectivity index (χ3n) is 3.24. The van der Waals surface area contributed by atoms with Gasteiger partial charge < -0.3 is 10.1 Å². The quantitative estimate of drug-likeness (QED) is 0.811. The number of ether oxygens (including phenoxy) is 1. The molecule has 112 valence electrons. The topological polar surface area (TPSA) is 21.3 Å². The first-order valence-electron chi connectivity index (χ1n) is 7.18. The van der Waals surface area contributed by atoms with Gasteiger partial charge in [-0.3, -0.25) is 0 Å². The summed E-state index contributed by atoms with van der Waals surface area (Å²) in [5.41, 5.74) is 2.20. The fourth-order valence-electron chi connectivity index (χ4n) is 2.01. The molecule has 0 spiro atoms. The van der Waals surface area contributed by atoms with Crippen molar-refractivity contribution in [2.24, 2.45) is 0 Å². The molecular weight excluding hydrogens is 265 g/mol. The van der Waals surface area contributed by atoms with Crippen molar-refractivity contribution in [2.45, 2.75) is 26.2 Å². The van der Waals surface area contributed by atoms with Crippen molar-refractivity contribution in [1.29, 1.82) is 0 Å². The highest BCUT2D eigenvalue weighted by atomic mass is 19.1. The predicted molar refractivity (Wildman–Crippen MR) is 85.5 cm³/mol. The molecule has 0 radical (unpaired) electrons. The second-order valence-electron chi connectivity index (χ2n) is 6.06. The Kier molecular flexibility index (Phi) is 4.84. The van der Waals surface area contributed by atoms with Gasteiger partial charge in [-0.25, -0.2) is 4.39 Å². The molecule has 2 aromatic rings. The number of anilines is 1. The van der Waals surface area contributed by atoms with Gasteiger partial charge in [0.15, 0.2) is 0 Å². The average Bonchev–Trinajstić information content (AvgIpc) is 2.43. The van der Waals surface area contributed by atoms with Crippen LogP contribution in [0.4, 0.5) is 10.1 Å². The van der Waals surface area contributed by atoms with Gasteiger partial charge in [0.1, 0.15) is 18.2 Å². The molecule has 2 nitrogen and oxygen atoms in total. The van der Waals surface area contributed by atoms with E-state index in [2.05, 4.69) is 38.2 Å². The van der Waals surface area contributed by atoms with Gasteiger partial charge in [0, 0.05) is 12.2 Å². The van der Waals surface area contributed by atoms with E-state index in [1.807, 2.05) is 18.2 Å². The van der Waals surface area contributed by atoms with E-state index in [-0.39, 0.29) is 11.2 Å². The molecule has 21 heavy (non-hydrogen) atoms. The van der Waals surface area contributed by atoms with Crippen LogP contribution in [0.25, 0.3) is 0 Å². The maximum Gasteiger partial charge on any atom is 0.125 e. The maximum atomic E-state index is 13.0. The first-order chi connectivity index (χ1) is 9.95. The highest BCUT2D eigenvalue weighted by Crippen LogP contribution is 2.24. The lowest BCUT2D eigenvalue weighted by molar-refractivity contribution is 0.332. The fourth-order valence-corrected chi connectivity index (χ4v) is 2.01. The van der Waals surface area contributed by atoms with Gasteiger partial charge in [0.2, 0.25) is 0 Å². The molecule has 0 heterocycles. The summed E-state index contributed by atoms with van der Waals surface area (Å²) in [6.07, 6.45) is 0. The molecule has 3 heteroatoms. The van der Waals surface area contributed by atoms with E-state index in [1.165, 1.54) is 17.7 Å². The Labute approximate surface area is 126 Å². The van der Waals surface area contributed by atoms with Gasteiger partial charge in [0.25, 0.3) is 0 Å². The first kappa shape index (κ1) is 15.4. The molecule has 1 N–H and O–H groups in total. The Morgan fingerprint density at radius 1 is 1.05 bits per heavy atom. The van der Waals surface area contributed by atoms with E-state index in [0.717, 1.165) is 11.4 Å². The van der Waals surface area contributed by atoms with Crippen molar-refractivity contribution < 1.29 is 9.13 Å². The summed E-state index contributed by atoms with van der Waals surface area (Å²) < 4.78 is 18.7. The number of hydrogen-bond donors (Lipinski definition) is 1. The van der Waals surface area contributed by atoms with E-state index < -0.39 is 0 Å². The maximum absolute atomic E-state index is 13.0. The Balaban J connectivity index is 1.79. The normalized spacial score (nSPS) is 11.2. The Morgan fingerprint density at radius 2 is 1.76 bits per heavy atom. The molecule has 2 aromatic carbocycles. The summed E-state index contributed by atoms with van der Waals surface area (Å²) in [4.78, 5) is 0. The van der Waals surface area contributed by atoms with Crippen molar-refractivity contribution in [1.82, 2.24) is 0 Å². The van der Waals surface area contributed by atoms with Gasteiger partial charge in [-0.05, 0) is 41.3 Å². The van der Waals surface area contributed by atoms with Crippen molar-refractivity contribution in [3.8, 4) is 5.75 Å². The molecule has 2 rings (SSSR count). The molecule has 0 amide bonds. The van der Waals surface area contributed by atoms with Crippen LogP contribution >= 0.6 is 0 Å². The number of halogens is 1. The number of hydrogen-bond acceptors (Lipinski definition) is 2. The minimum atomic E-state index is -0.237. The van der Waals surface area contributed by atoms with E-state index in [4.69, 9.17) is 4.74 Å². The zero-order chi connectivity index (χ0) is 15.3.